The molecule has 0 saturated heterocycles. The summed E-state index contributed by atoms with van der Waals surface area (Å²) in [6.07, 6.45) is 1.01. The predicted octanol–water partition coefficient (Wildman–Crippen LogP) is 6.13. The average molecular weight is 341 g/mol. The zero-order valence-corrected chi connectivity index (χ0v) is 16.1. The van der Waals surface area contributed by atoms with E-state index in [9.17, 15) is 0 Å². The fourth-order valence-electron chi connectivity index (χ4n) is 3.15. The molecule has 1 aliphatic heterocycles. The van der Waals surface area contributed by atoms with E-state index in [0.29, 0.717) is 5.54 Å². The van der Waals surface area contributed by atoms with Crippen molar-refractivity contribution in [2.24, 2.45) is 0 Å². The fraction of sp³-hybridized carbons (Fsp3) is 0.375. The SMILES string of the molecule is C=C(C1=C([Si](C)(C)C)[Si](Cl)(Cl)C1CC)c1ccccc1. The van der Waals surface area contributed by atoms with Crippen molar-refractivity contribution in [2.45, 2.75) is 38.5 Å². The van der Waals surface area contributed by atoms with Gasteiger partial charge in [0.2, 0.25) is 0 Å². The van der Waals surface area contributed by atoms with Crippen molar-refractivity contribution in [2.75, 3.05) is 0 Å². The van der Waals surface area contributed by atoms with Gasteiger partial charge in [-0.15, -0.1) is 22.2 Å². The van der Waals surface area contributed by atoms with Gasteiger partial charge in [-0.25, -0.2) is 0 Å². The van der Waals surface area contributed by atoms with E-state index in [1.807, 2.05) is 6.07 Å². The topological polar surface area (TPSA) is 0 Å². The average Bonchev–Trinajstić information content (AvgIpc) is 2.35. The third-order valence-corrected chi connectivity index (χ3v) is 15.4. The number of hydrogen-bond donors (Lipinski definition) is 0. The van der Waals surface area contributed by atoms with Gasteiger partial charge in [-0.3, -0.25) is 0 Å². The lowest BCUT2D eigenvalue weighted by molar-refractivity contribution is 0.882. The molecule has 0 spiro atoms. The molecule has 0 N–H and O–H groups in total. The Balaban J connectivity index is 2.54. The van der Waals surface area contributed by atoms with Crippen molar-refractivity contribution in [1.82, 2.24) is 0 Å². The summed E-state index contributed by atoms with van der Waals surface area (Å²) >= 11 is 13.6. The molecule has 108 valence electrons. The van der Waals surface area contributed by atoms with Crippen LogP contribution in [0.1, 0.15) is 18.9 Å². The van der Waals surface area contributed by atoms with Gasteiger partial charge >= 0.3 is 0 Å². The van der Waals surface area contributed by atoms with E-state index in [-0.39, 0.29) is 0 Å². The van der Waals surface area contributed by atoms with E-state index in [1.165, 1.54) is 16.0 Å². The van der Waals surface area contributed by atoms with E-state index in [1.54, 1.807) is 0 Å². The van der Waals surface area contributed by atoms with E-state index in [4.69, 9.17) is 22.2 Å². The minimum absolute atomic E-state index is 0.334. The molecule has 1 aromatic rings. The number of benzene rings is 1. The molecule has 0 bridgehead atoms. The molecule has 0 radical (unpaired) electrons. The maximum absolute atomic E-state index is 6.79. The number of halogens is 2. The zero-order chi connectivity index (χ0) is 15.1. The Morgan fingerprint density at radius 3 is 2.20 bits per heavy atom. The van der Waals surface area contributed by atoms with Gasteiger partial charge in [0.15, 0.2) is 0 Å². The highest BCUT2D eigenvalue weighted by Gasteiger charge is 2.57. The summed E-state index contributed by atoms with van der Waals surface area (Å²) in [6.45, 7) is 11.2. The normalized spacial score (nSPS) is 21.6. The minimum Gasteiger partial charge on any atom is -0.140 e. The maximum atomic E-state index is 6.79. The highest BCUT2D eigenvalue weighted by atomic mass is 35.7. The lowest BCUT2D eigenvalue weighted by Crippen LogP contribution is -2.52. The van der Waals surface area contributed by atoms with Gasteiger partial charge < -0.3 is 0 Å². The molecule has 0 aromatic heterocycles. The van der Waals surface area contributed by atoms with Crippen LogP contribution in [0.2, 0.25) is 25.2 Å². The van der Waals surface area contributed by atoms with Crippen LogP contribution in [0.4, 0.5) is 0 Å². The highest BCUT2D eigenvalue weighted by molar-refractivity contribution is 7.54. The Morgan fingerprint density at radius 2 is 1.75 bits per heavy atom. The van der Waals surface area contributed by atoms with E-state index in [0.717, 1.165) is 12.0 Å². The summed E-state index contributed by atoms with van der Waals surface area (Å²) in [5.74, 6) is 0. The summed E-state index contributed by atoms with van der Waals surface area (Å²) in [5, 5.41) is 0. The van der Waals surface area contributed by atoms with Gasteiger partial charge in [-0.2, -0.15) is 0 Å². The molecule has 20 heavy (non-hydrogen) atoms. The number of allylic oxidation sites excluding steroid dienone is 2. The number of hydrogen-bond acceptors (Lipinski definition) is 0. The molecule has 1 aliphatic rings. The fourth-order valence-corrected chi connectivity index (χ4v) is 18.2. The van der Waals surface area contributed by atoms with Gasteiger partial charge in [-0.05, 0) is 23.1 Å². The Kier molecular flexibility index (Phi) is 4.41. The monoisotopic (exact) mass is 340 g/mol. The molecule has 0 amide bonds. The quantitative estimate of drug-likeness (QED) is 0.457. The summed E-state index contributed by atoms with van der Waals surface area (Å²) in [5.41, 5.74) is 4.02. The molecule has 4 heteroatoms. The first-order valence-electron chi connectivity index (χ1n) is 7.08. The maximum Gasteiger partial charge on any atom is 0.280 e. The van der Waals surface area contributed by atoms with Crippen molar-refractivity contribution < 1.29 is 0 Å². The molecule has 1 atom stereocenters. The first kappa shape index (κ1) is 16.1. The molecule has 2 rings (SSSR count). The largest absolute Gasteiger partial charge is 0.280 e. The van der Waals surface area contributed by atoms with Gasteiger partial charge in [0.1, 0.15) is 0 Å². The van der Waals surface area contributed by atoms with E-state index in [2.05, 4.69) is 57.4 Å². The van der Waals surface area contributed by atoms with E-state index >= 15 is 0 Å². The first-order valence-corrected chi connectivity index (χ1v) is 14.7. The summed E-state index contributed by atoms with van der Waals surface area (Å²) < 4.78 is 0. The summed E-state index contributed by atoms with van der Waals surface area (Å²) in [4.78, 5) is 1.40. The van der Waals surface area contributed by atoms with Gasteiger partial charge in [0.05, 0.1) is 8.07 Å². The predicted molar refractivity (Wildman–Crippen MR) is 97.3 cm³/mol. The second-order valence-corrected chi connectivity index (χ2v) is 18.6. The Bertz CT molecular complexity index is 554. The molecular weight excluding hydrogens is 319 g/mol. The first-order chi connectivity index (χ1) is 9.21. The Morgan fingerprint density at radius 1 is 1.20 bits per heavy atom. The Hall–Kier alpha value is -0.286. The zero-order valence-electron chi connectivity index (χ0n) is 12.6. The van der Waals surface area contributed by atoms with Gasteiger partial charge in [-0.1, -0.05) is 68.3 Å². The number of rotatable bonds is 4. The van der Waals surface area contributed by atoms with Crippen molar-refractivity contribution >= 4 is 42.5 Å². The van der Waals surface area contributed by atoms with Crippen LogP contribution < -0.4 is 0 Å². The molecule has 0 aliphatic carbocycles. The van der Waals surface area contributed by atoms with Crippen LogP contribution in [0.5, 0.6) is 0 Å². The van der Waals surface area contributed by atoms with Crippen molar-refractivity contribution in [3.63, 3.8) is 0 Å². The summed E-state index contributed by atoms with van der Waals surface area (Å²) in [6, 6.07) is 10.4. The lowest BCUT2D eigenvalue weighted by atomic mass is 9.96. The third kappa shape index (κ3) is 2.59. The van der Waals surface area contributed by atoms with Crippen LogP contribution in [0, 0.1) is 0 Å². The van der Waals surface area contributed by atoms with Crippen LogP contribution in [-0.2, 0) is 0 Å². The third-order valence-electron chi connectivity index (χ3n) is 3.99. The second-order valence-electron chi connectivity index (χ2n) is 6.47. The van der Waals surface area contributed by atoms with Crippen LogP contribution in [0.15, 0.2) is 47.3 Å². The molecule has 0 fully saturated rings. The standard InChI is InChI=1S/C16H22Cl2Si2/c1-6-14-15(12(2)13-10-8-7-9-11-13)16(19(3,4)5)20(14,17)18/h7-11,14H,2,6H2,1,3-5H3. The van der Waals surface area contributed by atoms with Crippen molar-refractivity contribution in [3.8, 4) is 0 Å². The summed E-state index contributed by atoms with van der Waals surface area (Å²) in [7, 11) is -1.51. The molecule has 0 saturated carbocycles. The minimum atomic E-state index is -2.28. The van der Waals surface area contributed by atoms with E-state index < -0.39 is 14.8 Å². The molecule has 1 heterocycles. The van der Waals surface area contributed by atoms with Gasteiger partial charge in [0.25, 0.3) is 6.69 Å². The molecule has 1 unspecified atom stereocenters. The van der Waals surface area contributed by atoms with Crippen LogP contribution in [0.25, 0.3) is 5.57 Å². The molecular formula is C16H22Cl2Si2. The van der Waals surface area contributed by atoms with Crippen LogP contribution in [-0.4, -0.2) is 14.8 Å². The Labute approximate surface area is 133 Å². The van der Waals surface area contributed by atoms with Gasteiger partial charge in [0, 0.05) is 5.54 Å². The molecule has 1 aromatic carbocycles. The smallest absolute Gasteiger partial charge is 0.140 e. The van der Waals surface area contributed by atoms with Crippen LogP contribution >= 0.6 is 22.2 Å². The second kappa shape index (κ2) is 5.49. The molecule has 0 nitrogen and oxygen atoms in total. The highest BCUT2D eigenvalue weighted by Crippen LogP contribution is 2.60. The lowest BCUT2D eigenvalue weighted by Gasteiger charge is -2.48. The van der Waals surface area contributed by atoms with Crippen molar-refractivity contribution in [1.29, 1.82) is 0 Å². The van der Waals surface area contributed by atoms with Crippen LogP contribution in [0.3, 0.4) is 0 Å². The van der Waals surface area contributed by atoms with Crippen molar-refractivity contribution in [3.05, 3.63) is 52.9 Å².